The lowest BCUT2D eigenvalue weighted by Crippen LogP contribution is -2.25. The van der Waals surface area contributed by atoms with Crippen LogP contribution in [0.3, 0.4) is 0 Å². The van der Waals surface area contributed by atoms with Crippen LogP contribution in [0.1, 0.15) is 29.9 Å². The number of nitrogens with zero attached hydrogens (tertiary/aromatic N) is 4. The van der Waals surface area contributed by atoms with Gasteiger partial charge in [-0.05, 0) is 47.5 Å². The summed E-state index contributed by atoms with van der Waals surface area (Å²) in [6.45, 7) is 3.30. The molecule has 1 N–H and O–H groups in total. The standard InChI is InChI=1S/C18H15BrCl2F3N5O/c1-9-15(19)16(18(22,23)24)27-29(9)10(2)17(30)26-12-6-25-28(8-12)7-11-3-4-13(20)14(21)5-11/h3-6,8,10H,7H2,1-2H3,(H,26,30). The number of nitrogens with one attached hydrogen (secondary N) is 1. The first-order valence-electron chi connectivity index (χ1n) is 8.56. The van der Waals surface area contributed by atoms with Crippen LogP contribution in [0.2, 0.25) is 10.0 Å². The highest BCUT2D eigenvalue weighted by Gasteiger charge is 2.39. The van der Waals surface area contributed by atoms with Gasteiger partial charge in [0.15, 0.2) is 5.69 Å². The Bertz CT molecular complexity index is 1100. The minimum absolute atomic E-state index is 0.191. The molecule has 0 saturated heterocycles. The van der Waals surface area contributed by atoms with Crippen LogP contribution < -0.4 is 5.32 Å². The molecule has 2 aromatic heterocycles. The molecule has 0 aliphatic rings. The van der Waals surface area contributed by atoms with E-state index in [0.29, 0.717) is 22.3 Å². The van der Waals surface area contributed by atoms with Crippen molar-refractivity contribution in [3.8, 4) is 0 Å². The number of aromatic nitrogens is 4. The predicted octanol–water partition coefficient (Wildman–Crippen LogP) is 5.72. The molecule has 1 atom stereocenters. The maximum atomic E-state index is 13.0. The Hall–Kier alpha value is -2.04. The molecule has 0 fully saturated rings. The number of amides is 1. The summed E-state index contributed by atoms with van der Waals surface area (Å²) in [5.74, 6) is -0.532. The number of carbonyl (C=O) groups excluding carboxylic acids is 1. The van der Waals surface area contributed by atoms with Crippen LogP contribution in [0.15, 0.2) is 35.1 Å². The number of hydrogen-bond donors (Lipinski definition) is 1. The summed E-state index contributed by atoms with van der Waals surface area (Å²) in [5.41, 5.74) is 0.372. The molecule has 160 valence electrons. The first kappa shape index (κ1) is 22.6. The minimum Gasteiger partial charge on any atom is -0.322 e. The van der Waals surface area contributed by atoms with Crippen LogP contribution >= 0.6 is 39.1 Å². The lowest BCUT2D eigenvalue weighted by molar-refractivity contribution is -0.142. The number of alkyl halides is 3. The Kier molecular flexibility index (Phi) is 6.49. The number of anilines is 1. The molecular formula is C18H15BrCl2F3N5O. The highest BCUT2D eigenvalue weighted by atomic mass is 79.9. The largest absolute Gasteiger partial charge is 0.436 e. The van der Waals surface area contributed by atoms with Gasteiger partial charge < -0.3 is 5.32 Å². The van der Waals surface area contributed by atoms with Gasteiger partial charge in [-0.25, -0.2) is 0 Å². The molecule has 0 aliphatic carbocycles. The van der Waals surface area contributed by atoms with Crippen molar-refractivity contribution in [1.29, 1.82) is 0 Å². The van der Waals surface area contributed by atoms with Crippen molar-refractivity contribution in [2.45, 2.75) is 32.6 Å². The van der Waals surface area contributed by atoms with Crippen molar-refractivity contribution < 1.29 is 18.0 Å². The molecule has 12 heteroatoms. The van der Waals surface area contributed by atoms with E-state index in [0.717, 1.165) is 10.2 Å². The Morgan fingerprint density at radius 3 is 2.60 bits per heavy atom. The summed E-state index contributed by atoms with van der Waals surface area (Å²) in [6.07, 6.45) is -1.59. The molecule has 30 heavy (non-hydrogen) atoms. The molecule has 2 heterocycles. The molecule has 0 bridgehead atoms. The van der Waals surface area contributed by atoms with Gasteiger partial charge in [0.2, 0.25) is 5.91 Å². The van der Waals surface area contributed by atoms with E-state index >= 15 is 0 Å². The zero-order valence-electron chi connectivity index (χ0n) is 15.6. The summed E-state index contributed by atoms with van der Waals surface area (Å²) >= 11 is 14.8. The molecule has 1 unspecified atom stereocenters. The molecule has 0 spiro atoms. The van der Waals surface area contributed by atoms with Gasteiger partial charge in [-0.2, -0.15) is 23.4 Å². The van der Waals surface area contributed by atoms with Gasteiger partial charge in [0.25, 0.3) is 0 Å². The first-order valence-corrected chi connectivity index (χ1v) is 10.1. The molecule has 3 aromatic rings. The second kappa shape index (κ2) is 8.60. The van der Waals surface area contributed by atoms with Crippen LogP contribution in [-0.4, -0.2) is 25.5 Å². The molecule has 6 nitrogen and oxygen atoms in total. The van der Waals surface area contributed by atoms with Crippen molar-refractivity contribution in [3.63, 3.8) is 0 Å². The van der Waals surface area contributed by atoms with E-state index in [4.69, 9.17) is 23.2 Å². The van der Waals surface area contributed by atoms with Crippen LogP contribution in [-0.2, 0) is 17.5 Å². The van der Waals surface area contributed by atoms with Crippen molar-refractivity contribution in [1.82, 2.24) is 19.6 Å². The van der Waals surface area contributed by atoms with Gasteiger partial charge in [-0.3, -0.25) is 14.2 Å². The Morgan fingerprint density at radius 1 is 1.30 bits per heavy atom. The zero-order valence-corrected chi connectivity index (χ0v) is 18.7. The average Bonchev–Trinajstić information content (AvgIpc) is 3.22. The Labute approximate surface area is 188 Å². The van der Waals surface area contributed by atoms with Crippen LogP contribution in [0.5, 0.6) is 0 Å². The maximum Gasteiger partial charge on any atom is 0.436 e. The molecule has 3 rings (SSSR count). The van der Waals surface area contributed by atoms with Crippen molar-refractivity contribution >= 4 is 50.7 Å². The summed E-state index contributed by atoms with van der Waals surface area (Å²) in [6, 6.07) is 4.21. The van der Waals surface area contributed by atoms with E-state index in [9.17, 15) is 18.0 Å². The van der Waals surface area contributed by atoms with Crippen LogP contribution in [0, 0.1) is 6.92 Å². The topological polar surface area (TPSA) is 64.7 Å². The van der Waals surface area contributed by atoms with Gasteiger partial charge in [0, 0.05) is 6.20 Å². The highest BCUT2D eigenvalue weighted by Crippen LogP contribution is 2.36. The van der Waals surface area contributed by atoms with E-state index in [1.54, 1.807) is 29.1 Å². The number of benzene rings is 1. The molecule has 0 saturated carbocycles. The fourth-order valence-corrected chi connectivity index (χ4v) is 3.56. The van der Waals surface area contributed by atoms with Gasteiger partial charge in [0.05, 0.1) is 38.6 Å². The quantitative estimate of drug-likeness (QED) is 0.464. The summed E-state index contributed by atoms with van der Waals surface area (Å²) < 4.78 is 41.6. The number of halogens is 6. The third-order valence-corrected chi connectivity index (χ3v) is 6.01. The molecule has 1 aromatic carbocycles. The average molecular weight is 525 g/mol. The molecule has 0 aliphatic heterocycles. The lowest BCUT2D eigenvalue weighted by atomic mass is 10.2. The van der Waals surface area contributed by atoms with Gasteiger partial charge in [-0.1, -0.05) is 29.3 Å². The van der Waals surface area contributed by atoms with Gasteiger partial charge >= 0.3 is 6.18 Å². The van der Waals surface area contributed by atoms with E-state index < -0.39 is 23.8 Å². The monoisotopic (exact) mass is 523 g/mol. The number of hydrogen-bond acceptors (Lipinski definition) is 3. The maximum absolute atomic E-state index is 13.0. The van der Waals surface area contributed by atoms with Crippen molar-refractivity contribution in [2.75, 3.05) is 5.32 Å². The van der Waals surface area contributed by atoms with Crippen LogP contribution in [0.4, 0.5) is 18.9 Å². The predicted molar refractivity (Wildman–Crippen MR) is 111 cm³/mol. The first-order chi connectivity index (χ1) is 14.0. The normalized spacial score (nSPS) is 12.8. The van der Waals surface area contributed by atoms with E-state index in [1.807, 2.05) is 0 Å². The third kappa shape index (κ3) is 4.81. The van der Waals surface area contributed by atoms with Crippen molar-refractivity contribution in [2.24, 2.45) is 0 Å². The lowest BCUT2D eigenvalue weighted by Gasteiger charge is -2.13. The van der Waals surface area contributed by atoms with Gasteiger partial charge in [0.1, 0.15) is 6.04 Å². The van der Waals surface area contributed by atoms with Crippen LogP contribution in [0.25, 0.3) is 0 Å². The Morgan fingerprint density at radius 2 is 2.00 bits per heavy atom. The molecule has 0 radical (unpaired) electrons. The molecular weight excluding hydrogens is 510 g/mol. The number of carbonyl (C=O) groups is 1. The number of rotatable bonds is 5. The Balaban J connectivity index is 1.71. The highest BCUT2D eigenvalue weighted by molar-refractivity contribution is 9.10. The summed E-state index contributed by atoms with van der Waals surface area (Å²) in [5, 5.41) is 11.2. The van der Waals surface area contributed by atoms with E-state index in [1.165, 1.54) is 20.0 Å². The fourth-order valence-electron chi connectivity index (χ4n) is 2.75. The smallest absolute Gasteiger partial charge is 0.322 e. The van der Waals surface area contributed by atoms with Crippen molar-refractivity contribution in [3.05, 3.63) is 62.1 Å². The van der Waals surface area contributed by atoms with E-state index in [-0.39, 0.29) is 10.2 Å². The summed E-state index contributed by atoms with van der Waals surface area (Å²) in [7, 11) is 0. The fraction of sp³-hybridized carbons (Fsp3) is 0.278. The SMILES string of the molecule is Cc1c(Br)c(C(F)(F)F)nn1C(C)C(=O)Nc1cnn(Cc2ccc(Cl)c(Cl)c2)c1. The zero-order chi connectivity index (χ0) is 22.2. The summed E-state index contributed by atoms with van der Waals surface area (Å²) in [4.78, 5) is 12.5. The second-order valence-corrected chi connectivity index (χ2v) is 8.14. The molecule has 1 amide bonds. The van der Waals surface area contributed by atoms with Gasteiger partial charge in [-0.15, -0.1) is 0 Å². The minimum atomic E-state index is -4.63. The third-order valence-electron chi connectivity index (χ3n) is 4.32. The van der Waals surface area contributed by atoms with E-state index in [2.05, 4.69) is 31.4 Å². The second-order valence-electron chi connectivity index (χ2n) is 6.53.